The number of nitrogens with two attached hydrogens (primary N) is 1. The molecule has 18 heavy (non-hydrogen) atoms. The third-order valence-corrected chi connectivity index (χ3v) is 4.97. The SMILES string of the molecule is NC(=O)CSCC(=O)N1CCC[C@@H]2CCCC[C@H]21. The van der Waals surface area contributed by atoms with Gasteiger partial charge in [-0.3, -0.25) is 9.59 Å². The Morgan fingerprint density at radius 3 is 2.61 bits per heavy atom. The number of likely N-dealkylation sites (tertiary alicyclic amines) is 1. The van der Waals surface area contributed by atoms with Crippen molar-refractivity contribution in [1.29, 1.82) is 0 Å². The molecule has 5 heteroatoms. The average Bonchev–Trinajstić information content (AvgIpc) is 2.37. The summed E-state index contributed by atoms with van der Waals surface area (Å²) < 4.78 is 0. The summed E-state index contributed by atoms with van der Waals surface area (Å²) in [5.41, 5.74) is 5.08. The second-order valence-electron chi connectivity index (χ2n) is 5.30. The molecule has 0 bridgehead atoms. The van der Waals surface area contributed by atoms with Crippen LogP contribution in [0.4, 0.5) is 0 Å². The van der Waals surface area contributed by atoms with Gasteiger partial charge in [-0.15, -0.1) is 11.8 Å². The van der Waals surface area contributed by atoms with Crippen molar-refractivity contribution in [2.45, 2.75) is 44.6 Å². The van der Waals surface area contributed by atoms with E-state index in [-0.39, 0.29) is 17.6 Å². The fourth-order valence-electron chi connectivity index (χ4n) is 3.26. The van der Waals surface area contributed by atoms with Gasteiger partial charge in [0.1, 0.15) is 0 Å². The average molecular weight is 270 g/mol. The first-order valence-electron chi connectivity index (χ1n) is 6.84. The van der Waals surface area contributed by atoms with Crippen molar-refractivity contribution in [3.8, 4) is 0 Å². The van der Waals surface area contributed by atoms with Crippen LogP contribution in [0.3, 0.4) is 0 Å². The highest BCUT2D eigenvalue weighted by Crippen LogP contribution is 2.35. The first-order valence-corrected chi connectivity index (χ1v) is 7.99. The smallest absolute Gasteiger partial charge is 0.232 e. The van der Waals surface area contributed by atoms with Crippen molar-refractivity contribution in [1.82, 2.24) is 4.90 Å². The van der Waals surface area contributed by atoms with Crippen LogP contribution in [0.2, 0.25) is 0 Å². The molecule has 0 aromatic heterocycles. The van der Waals surface area contributed by atoms with Crippen molar-refractivity contribution in [2.24, 2.45) is 11.7 Å². The molecule has 1 saturated heterocycles. The molecule has 2 fully saturated rings. The first-order chi connectivity index (χ1) is 8.68. The van der Waals surface area contributed by atoms with Gasteiger partial charge in [0.15, 0.2) is 0 Å². The minimum Gasteiger partial charge on any atom is -0.369 e. The quantitative estimate of drug-likeness (QED) is 0.839. The summed E-state index contributed by atoms with van der Waals surface area (Å²) in [6.45, 7) is 0.900. The minimum atomic E-state index is -0.345. The number of primary amides is 1. The third-order valence-electron chi connectivity index (χ3n) is 4.03. The molecule has 1 aliphatic carbocycles. The molecule has 4 nitrogen and oxygen atoms in total. The lowest BCUT2D eigenvalue weighted by Crippen LogP contribution is -2.50. The molecular formula is C13H22N2O2S. The van der Waals surface area contributed by atoms with Gasteiger partial charge in [-0.25, -0.2) is 0 Å². The molecule has 102 valence electrons. The summed E-state index contributed by atoms with van der Waals surface area (Å²) in [4.78, 5) is 24.9. The van der Waals surface area contributed by atoms with E-state index in [0.717, 1.165) is 25.3 Å². The molecule has 1 aliphatic heterocycles. The molecule has 2 amide bonds. The lowest BCUT2D eigenvalue weighted by molar-refractivity contribution is -0.134. The maximum atomic E-state index is 12.2. The van der Waals surface area contributed by atoms with E-state index >= 15 is 0 Å². The summed E-state index contributed by atoms with van der Waals surface area (Å²) in [5, 5.41) is 0. The van der Waals surface area contributed by atoms with Crippen molar-refractivity contribution < 1.29 is 9.59 Å². The number of rotatable bonds is 4. The zero-order valence-electron chi connectivity index (χ0n) is 10.8. The Kier molecular flexibility index (Phi) is 4.92. The number of nitrogens with zero attached hydrogens (tertiary/aromatic N) is 1. The number of fused-ring (bicyclic) bond motifs is 1. The first kappa shape index (κ1) is 13.7. The number of carbonyl (C=O) groups excluding carboxylic acids is 2. The van der Waals surface area contributed by atoms with Gasteiger partial charge in [0.05, 0.1) is 11.5 Å². The standard InChI is InChI=1S/C13H22N2O2S/c14-12(16)8-18-9-13(17)15-7-3-5-10-4-1-2-6-11(10)15/h10-11H,1-9H2,(H2,14,16)/t10-,11+/m0/s1. The monoisotopic (exact) mass is 270 g/mol. The van der Waals surface area contributed by atoms with E-state index in [0.29, 0.717) is 11.8 Å². The van der Waals surface area contributed by atoms with E-state index in [1.165, 1.54) is 37.4 Å². The lowest BCUT2D eigenvalue weighted by Gasteiger charge is -2.44. The van der Waals surface area contributed by atoms with E-state index in [1.807, 2.05) is 0 Å². The molecule has 2 atom stereocenters. The number of hydrogen-bond donors (Lipinski definition) is 1. The van der Waals surface area contributed by atoms with Gasteiger partial charge >= 0.3 is 0 Å². The highest BCUT2D eigenvalue weighted by Gasteiger charge is 2.35. The molecule has 2 rings (SSSR count). The van der Waals surface area contributed by atoms with Crippen molar-refractivity contribution in [2.75, 3.05) is 18.1 Å². The normalized spacial score (nSPS) is 27.7. The molecule has 1 saturated carbocycles. The number of thioether (sulfide) groups is 1. The van der Waals surface area contributed by atoms with Gasteiger partial charge in [0.25, 0.3) is 0 Å². The Bertz CT molecular complexity index is 320. The fourth-order valence-corrected chi connectivity index (χ4v) is 3.90. The largest absolute Gasteiger partial charge is 0.369 e. The minimum absolute atomic E-state index is 0.192. The fraction of sp³-hybridized carbons (Fsp3) is 0.846. The summed E-state index contributed by atoms with van der Waals surface area (Å²) in [7, 11) is 0. The Labute approximate surface area is 113 Å². The Morgan fingerprint density at radius 1 is 1.11 bits per heavy atom. The van der Waals surface area contributed by atoms with Gasteiger partial charge in [-0.1, -0.05) is 12.8 Å². The molecule has 0 unspecified atom stereocenters. The van der Waals surface area contributed by atoms with Crippen LogP contribution in [0.15, 0.2) is 0 Å². The zero-order valence-corrected chi connectivity index (χ0v) is 11.6. The summed E-state index contributed by atoms with van der Waals surface area (Å²) in [6.07, 6.45) is 7.43. The lowest BCUT2D eigenvalue weighted by atomic mass is 9.78. The molecule has 2 N–H and O–H groups in total. The molecule has 0 radical (unpaired) electrons. The highest BCUT2D eigenvalue weighted by molar-refractivity contribution is 8.00. The van der Waals surface area contributed by atoms with Gasteiger partial charge in [-0.2, -0.15) is 0 Å². The van der Waals surface area contributed by atoms with Crippen LogP contribution >= 0.6 is 11.8 Å². The third kappa shape index (κ3) is 3.40. The van der Waals surface area contributed by atoms with Crippen LogP contribution in [0, 0.1) is 5.92 Å². The molecule has 1 heterocycles. The van der Waals surface area contributed by atoms with Crippen LogP contribution < -0.4 is 5.73 Å². The van der Waals surface area contributed by atoms with E-state index in [1.54, 1.807) is 0 Å². The number of carbonyl (C=O) groups is 2. The summed E-state index contributed by atoms with van der Waals surface area (Å²) in [6, 6.07) is 0.467. The molecule has 2 aliphatic rings. The maximum absolute atomic E-state index is 12.2. The molecular weight excluding hydrogens is 248 g/mol. The molecule has 0 aromatic rings. The summed E-state index contributed by atoms with van der Waals surface area (Å²) in [5.74, 6) is 1.21. The van der Waals surface area contributed by atoms with Crippen molar-refractivity contribution >= 4 is 23.6 Å². The van der Waals surface area contributed by atoms with E-state index in [9.17, 15) is 9.59 Å². The van der Waals surface area contributed by atoms with Crippen LogP contribution in [0.5, 0.6) is 0 Å². The Hall–Kier alpha value is -0.710. The van der Waals surface area contributed by atoms with Gasteiger partial charge in [0, 0.05) is 12.6 Å². The van der Waals surface area contributed by atoms with Crippen molar-refractivity contribution in [3.05, 3.63) is 0 Å². The topological polar surface area (TPSA) is 63.4 Å². The Balaban J connectivity index is 1.85. The van der Waals surface area contributed by atoms with E-state index in [2.05, 4.69) is 4.90 Å². The van der Waals surface area contributed by atoms with Gasteiger partial charge < -0.3 is 10.6 Å². The highest BCUT2D eigenvalue weighted by atomic mass is 32.2. The van der Waals surface area contributed by atoms with E-state index in [4.69, 9.17) is 5.73 Å². The van der Waals surface area contributed by atoms with Gasteiger partial charge in [0.2, 0.25) is 11.8 Å². The predicted octanol–water partition coefficient (Wildman–Crippen LogP) is 1.39. The van der Waals surface area contributed by atoms with Crippen LogP contribution in [0.1, 0.15) is 38.5 Å². The Morgan fingerprint density at radius 2 is 1.83 bits per heavy atom. The van der Waals surface area contributed by atoms with Gasteiger partial charge in [-0.05, 0) is 31.6 Å². The molecule has 0 aromatic carbocycles. The van der Waals surface area contributed by atoms with E-state index < -0.39 is 0 Å². The second kappa shape index (κ2) is 6.45. The number of amides is 2. The van der Waals surface area contributed by atoms with Crippen molar-refractivity contribution in [3.63, 3.8) is 0 Å². The number of piperidine rings is 1. The van der Waals surface area contributed by atoms with Crippen LogP contribution in [-0.4, -0.2) is 40.8 Å². The zero-order chi connectivity index (χ0) is 13.0. The van der Waals surface area contributed by atoms with Crippen LogP contribution in [-0.2, 0) is 9.59 Å². The number of hydrogen-bond acceptors (Lipinski definition) is 3. The predicted molar refractivity (Wildman–Crippen MR) is 73.2 cm³/mol. The van der Waals surface area contributed by atoms with Crippen LogP contribution in [0.25, 0.3) is 0 Å². The molecule has 0 spiro atoms. The summed E-state index contributed by atoms with van der Waals surface area (Å²) >= 11 is 1.34. The maximum Gasteiger partial charge on any atom is 0.232 e. The second-order valence-corrected chi connectivity index (χ2v) is 6.29.